The van der Waals surface area contributed by atoms with Crippen LogP contribution in [0.25, 0.3) is 0 Å². The number of guanidine groups is 1. The van der Waals surface area contributed by atoms with Gasteiger partial charge in [-0.05, 0) is 56.2 Å². The van der Waals surface area contributed by atoms with E-state index in [-0.39, 0.29) is 24.0 Å². The van der Waals surface area contributed by atoms with Gasteiger partial charge in [0.05, 0.1) is 4.90 Å². The molecule has 0 saturated carbocycles. The molecule has 0 spiro atoms. The molecule has 0 atom stereocenters. The Morgan fingerprint density at radius 2 is 1.73 bits per heavy atom. The maximum atomic E-state index is 11.5. The molecule has 0 heterocycles. The third kappa shape index (κ3) is 8.07. The number of rotatable bonds is 7. The van der Waals surface area contributed by atoms with Crippen molar-refractivity contribution in [2.45, 2.75) is 43.4 Å². The van der Waals surface area contributed by atoms with Crippen molar-refractivity contribution in [2.75, 3.05) is 26.4 Å². The standard InChI is InChI=1S/C19H29N3O2S.HI/c1-20-19(21-14-12-16-6-4-3-5-7-16)22-15-13-17-8-10-18(11-9-17)25(2,23)24;/h6,8-11H,3-5,7,12-15H2,1-2H3,(H2,20,21,22);1H. The Labute approximate surface area is 174 Å². The molecule has 0 fully saturated rings. The molecule has 2 N–H and O–H groups in total. The fraction of sp³-hybridized carbons (Fsp3) is 0.526. The fourth-order valence-corrected chi connectivity index (χ4v) is 3.55. The Morgan fingerprint density at radius 1 is 1.08 bits per heavy atom. The zero-order valence-corrected chi connectivity index (χ0v) is 18.8. The zero-order chi connectivity index (χ0) is 18.1. The van der Waals surface area contributed by atoms with Crippen molar-refractivity contribution in [3.63, 3.8) is 0 Å². The first-order valence-electron chi connectivity index (χ1n) is 8.90. The summed E-state index contributed by atoms with van der Waals surface area (Å²) in [5.74, 6) is 0.809. The summed E-state index contributed by atoms with van der Waals surface area (Å²) in [5.41, 5.74) is 2.66. The van der Waals surface area contributed by atoms with Crippen LogP contribution in [0.15, 0.2) is 45.8 Å². The Kier molecular flexibility index (Phi) is 10.2. The molecule has 146 valence electrons. The van der Waals surface area contributed by atoms with E-state index >= 15 is 0 Å². The highest BCUT2D eigenvalue weighted by molar-refractivity contribution is 14.0. The summed E-state index contributed by atoms with van der Waals surface area (Å²) in [6.45, 7) is 1.65. The van der Waals surface area contributed by atoms with Crippen LogP contribution in [0.2, 0.25) is 0 Å². The maximum absolute atomic E-state index is 11.5. The molecule has 0 bridgehead atoms. The minimum atomic E-state index is -3.13. The van der Waals surface area contributed by atoms with Gasteiger partial charge in [0.25, 0.3) is 0 Å². The molecule has 26 heavy (non-hydrogen) atoms. The van der Waals surface area contributed by atoms with Gasteiger partial charge in [-0.3, -0.25) is 4.99 Å². The van der Waals surface area contributed by atoms with E-state index in [0.717, 1.165) is 37.5 Å². The first-order chi connectivity index (χ1) is 12.0. The second kappa shape index (κ2) is 11.6. The predicted molar refractivity (Wildman–Crippen MR) is 119 cm³/mol. The van der Waals surface area contributed by atoms with E-state index in [9.17, 15) is 8.42 Å². The lowest BCUT2D eigenvalue weighted by molar-refractivity contribution is 0.602. The molecule has 0 aliphatic heterocycles. The van der Waals surface area contributed by atoms with Crippen LogP contribution in [0.5, 0.6) is 0 Å². The molecule has 2 rings (SSSR count). The Balaban J connectivity index is 0.00000338. The molecule has 1 aromatic rings. The van der Waals surface area contributed by atoms with E-state index in [0.29, 0.717) is 4.90 Å². The highest BCUT2D eigenvalue weighted by Gasteiger charge is 2.06. The largest absolute Gasteiger partial charge is 0.356 e. The lowest BCUT2D eigenvalue weighted by Crippen LogP contribution is -2.38. The van der Waals surface area contributed by atoms with Crippen molar-refractivity contribution >= 4 is 39.8 Å². The molecular formula is C19H30IN3O2S. The summed E-state index contributed by atoms with van der Waals surface area (Å²) in [5, 5.41) is 6.65. The third-order valence-corrected chi connectivity index (χ3v) is 5.53. The number of nitrogens with one attached hydrogen (secondary N) is 2. The number of halogens is 1. The van der Waals surface area contributed by atoms with Crippen molar-refractivity contribution in [2.24, 2.45) is 4.99 Å². The molecule has 0 saturated heterocycles. The van der Waals surface area contributed by atoms with E-state index in [1.165, 1.54) is 31.9 Å². The molecule has 5 nitrogen and oxygen atoms in total. The molecule has 0 amide bonds. The average Bonchev–Trinajstić information content (AvgIpc) is 2.61. The van der Waals surface area contributed by atoms with Gasteiger partial charge in [-0.1, -0.05) is 23.8 Å². The van der Waals surface area contributed by atoms with Crippen LogP contribution in [0.4, 0.5) is 0 Å². The van der Waals surface area contributed by atoms with Crippen LogP contribution in [0.1, 0.15) is 37.7 Å². The quantitative estimate of drug-likeness (QED) is 0.266. The Morgan fingerprint density at radius 3 is 2.27 bits per heavy atom. The van der Waals surface area contributed by atoms with Crippen molar-refractivity contribution in [1.29, 1.82) is 0 Å². The van der Waals surface area contributed by atoms with Crippen LogP contribution in [0.3, 0.4) is 0 Å². The summed E-state index contributed by atoms with van der Waals surface area (Å²) in [6.07, 6.45) is 10.6. The van der Waals surface area contributed by atoms with E-state index in [1.54, 1.807) is 24.8 Å². The molecule has 0 unspecified atom stereocenters. The van der Waals surface area contributed by atoms with Gasteiger partial charge in [-0.15, -0.1) is 24.0 Å². The van der Waals surface area contributed by atoms with Gasteiger partial charge >= 0.3 is 0 Å². The van der Waals surface area contributed by atoms with Crippen LogP contribution in [-0.4, -0.2) is 40.8 Å². The monoisotopic (exact) mass is 491 g/mol. The molecule has 0 radical (unpaired) electrons. The summed E-state index contributed by atoms with van der Waals surface area (Å²) < 4.78 is 22.9. The van der Waals surface area contributed by atoms with Gasteiger partial charge in [0.1, 0.15) is 0 Å². The lowest BCUT2D eigenvalue weighted by Gasteiger charge is -2.15. The Hall–Kier alpha value is -1.09. The van der Waals surface area contributed by atoms with Gasteiger partial charge in [0, 0.05) is 26.4 Å². The lowest BCUT2D eigenvalue weighted by atomic mass is 9.97. The second-order valence-electron chi connectivity index (χ2n) is 6.45. The van der Waals surface area contributed by atoms with Gasteiger partial charge < -0.3 is 10.6 Å². The zero-order valence-electron chi connectivity index (χ0n) is 15.6. The first-order valence-corrected chi connectivity index (χ1v) is 10.8. The summed E-state index contributed by atoms with van der Waals surface area (Å²) in [4.78, 5) is 4.60. The second-order valence-corrected chi connectivity index (χ2v) is 8.47. The number of allylic oxidation sites excluding steroid dienone is 1. The van der Waals surface area contributed by atoms with Crippen LogP contribution >= 0.6 is 24.0 Å². The highest BCUT2D eigenvalue weighted by Crippen LogP contribution is 2.19. The first kappa shape index (κ1) is 23.0. The highest BCUT2D eigenvalue weighted by atomic mass is 127. The topological polar surface area (TPSA) is 70.6 Å². The van der Waals surface area contributed by atoms with E-state index in [1.807, 2.05) is 12.1 Å². The van der Waals surface area contributed by atoms with E-state index in [2.05, 4.69) is 21.7 Å². The van der Waals surface area contributed by atoms with Crippen molar-refractivity contribution in [3.8, 4) is 0 Å². The minimum Gasteiger partial charge on any atom is -0.356 e. The summed E-state index contributed by atoms with van der Waals surface area (Å²) >= 11 is 0. The number of nitrogens with zero attached hydrogens (tertiary/aromatic N) is 1. The Bertz CT molecular complexity index is 713. The van der Waals surface area contributed by atoms with Crippen molar-refractivity contribution in [3.05, 3.63) is 41.5 Å². The number of sulfone groups is 1. The molecule has 7 heteroatoms. The van der Waals surface area contributed by atoms with Crippen LogP contribution in [-0.2, 0) is 16.3 Å². The number of aliphatic imine (C=N–C) groups is 1. The summed E-state index contributed by atoms with van der Waals surface area (Å²) in [7, 11) is -1.35. The van der Waals surface area contributed by atoms with Crippen molar-refractivity contribution < 1.29 is 8.42 Å². The maximum Gasteiger partial charge on any atom is 0.190 e. The van der Waals surface area contributed by atoms with Gasteiger partial charge in [0.2, 0.25) is 0 Å². The van der Waals surface area contributed by atoms with Crippen LogP contribution < -0.4 is 10.6 Å². The number of hydrogen-bond donors (Lipinski definition) is 2. The molecule has 1 aromatic carbocycles. The third-order valence-electron chi connectivity index (χ3n) is 4.40. The average molecular weight is 491 g/mol. The number of hydrogen-bond acceptors (Lipinski definition) is 3. The SMILES string of the molecule is CN=C(NCCC1=CCCCC1)NCCc1ccc(S(C)(=O)=O)cc1.I. The van der Waals surface area contributed by atoms with Gasteiger partial charge in [-0.2, -0.15) is 0 Å². The smallest absolute Gasteiger partial charge is 0.190 e. The predicted octanol–water partition coefficient (Wildman–Crippen LogP) is 3.31. The van der Waals surface area contributed by atoms with Crippen LogP contribution in [0, 0.1) is 0 Å². The van der Waals surface area contributed by atoms with Gasteiger partial charge in [0.15, 0.2) is 15.8 Å². The van der Waals surface area contributed by atoms with Crippen molar-refractivity contribution in [1.82, 2.24) is 10.6 Å². The van der Waals surface area contributed by atoms with E-state index < -0.39 is 9.84 Å². The molecule has 1 aliphatic rings. The fourth-order valence-electron chi connectivity index (χ4n) is 2.92. The minimum absolute atomic E-state index is 0. The summed E-state index contributed by atoms with van der Waals surface area (Å²) in [6, 6.07) is 7.05. The molecule has 1 aliphatic carbocycles. The van der Waals surface area contributed by atoms with E-state index in [4.69, 9.17) is 0 Å². The molecular weight excluding hydrogens is 461 g/mol. The van der Waals surface area contributed by atoms with Gasteiger partial charge in [-0.25, -0.2) is 8.42 Å². The number of benzene rings is 1. The normalized spacial score (nSPS) is 15.0. The molecule has 0 aromatic heterocycles.